The minimum atomic E-state index is -4.78. The van der Waals surface area contributed by atoms with E-state index >= 15 is 0 Å². The van der Waals surface area contributed by atoms with Crippen LogP contribution in [0.2, 0.25) is 0 Å². The number of imide groups is 2. The Hall–Kier alpha value is -2.53. The molecule has 27 heavy (non-hydrogen) atoms. The van der Waals surface area contributed by atoms with E-state index in [1.165, 1.54) is 11.3 Å². The maximum Gasteiger partial charge on any atom is 0.406 e. The molecule has 0 unspecified atom stereocenters. The van der Waals surface area contributed by atoms with E-state index in [1.807, 2.05) is 24.3 Å². The molecule has 2 aromatic rings. The molecule has 1 saturated heterocycles. The predicted octanol–water partition coefficient (Wildman–Crippen LogP) is 2.60. The van der Waals surface area contributed by atoms with Gasteiger partial charge in [0.05, 0.1) is 22.9 Å². The lowest BCUT2D eigenvalue weighted by molar-refractivity contribution is -0.156. The highest BCUT2D eigenvalue weighted by atomic mass is 32.1. The number of alkyl halides is 3. The Morgan fingerprint density at radius 1 is 1.15 bits per heavy atom. The van der Waals surface area contributed by atoms with Gasteiger partial charge >= 0.3 is 24.0 Å². The molecule has 1 atom stereocenters. The molecule has 0 spiro atoms. The number of aromatic nitrogens is 1. The lowest BCUT2D eigenvalue weighted by Crippen LogP contribution is -2.43. The highest BCUT2D eigenvalue weighted by Crippen LogP contribution is 2.29. The summed E-state index contributed by atoms with van der Waals surface area (Å²) in [5.41, 5.74) is 0.803. The molecule has 3 rings (SSSR count). The minimum Gasteiger partial charge on any atom is -0.279 e. The van der Waals surface area contributed by atoms with Crippen molar-refractivity contribution in [2.45, 2.75) is 19.1 Å². The molecule has 1 fully saturated rings. The second-order valence-corrected chi connectivity index (χ2v) is 7.18. The zero-order valence-electron chi connectivity index (χ0n) is 14.4. The highest BCUT2D eigenvalue weighted by Gasteiger charge is 2.49. The van der Waals surface area contributed by atoms with E-state index in [0.717, 1.165) is 15.2 Å². The molecule has 1 aromatic carbocycles. The molecule has 11 heteroatoms. The summed E-state index contributed by atoms with van der Waals surface area (Å²) < 4.78 is 38.6. The van der Waals surface area contributed by atoms with E-state index in [4.69, 9.17) is 0 Å². The average molecular weight is 400 g/mol. The molecule has 7 nitrogen and oxygen atoms in total. The largest absolute Gasteiger partial charge is 0.406 e. The predicted molar refractivity (Wildman–Crippen MR) is 90.7 cm³/mol. The Kier molecular flexibility index (Phi) is 4.91. The summed E-state index contributed by atoms with van der Waals surface area (Å²) in [6.07, 6.45) is -4.78. The second kappa shape index (κ2) is 6.89. The van der Waals surface area contributed by atoms with Gasteiger partial charge in [-0.05, 0) is 26.1 Å². The van der Waals surface area contributed by atoms with Crippen LogP contribution in [0.5, 0.6) is 0 Å². The molecule has 144 valence electrons. The van der Waals surface area contributed by atoms with Crippen molar-refractivity contribution in [3.63, 3.8) is 0 Å². The van der Waals surface area contributed by atoms with Gasteiger partial charge in [-0.1, -0.05) is 12.1 Å². The van der Waals surface area contributed by atoms with Gasteiger partial charge in [0, 0.05) is 0 Å². The lowest BCUT2D eigenvalue weighted by atomic mass is 10.3. The average Bonchev–Trinajstić information content (AvgIpc) is 3.11. The maximum atomic E-state index is 12.5. The van der Waals surface area contributed by atoms with Crippen LogP contribution in [0.4, 0.5) is 18.0 Å². The fourth-order valence-corrected chi connectivity index (χ4v) is 3.68. The number of rotatable bonds is 5. The standard InChI is InChI=1S/C16H15F3N4O3S/c1-9(12-20-10-5-3-4-6-11(10)27-12)21(2)8-23-14(25)13(24)22(15(23)26)7-16(17,18)19/h3-6,9H,7-8H2,1-2H3/t9-/m1/s1. The van der Waals surface area contributed by atoms with Gasteiger partial charge in [-0.3, -0.25) is 14.5 Å². The van der Waals surface area contributed by atoms with E-state index in [9.17, 15) is 27.6 Å². The van der Waals surface area contributed by atoms with E-state index < -0.39 is 30.6 Å². The molecule has 1 aliphatic heterocycles. The summed E-state index contributed by atoms with van der Waals surface area (Å²) in [5.74, 6) is -2.74. The van der Waals surface area contributed by atoms with Gasteiger partial charge in [0.1, 0.15) is 11.6 Å². The Morgan fingerprint density at radius 3 is 2.41 bits per heavy atom. The first kappa shape index (κ1) is 19.2. The first-order valence-corrected chi connectivity index (χ1v) is 8.70. The van der Waals surface area contributed by atoms with Gasteiger partial charge in [0.2, 0.25) is 0 Å². The number of halogens is 3. The van der Waals surface area contributed by atoms with Crippen molar-refractivity contribution >= 4 is 39.4 Å². The fraction of sp³-hybridized carbons (Fsp3) is 0.375. The molecule has 2 heterocycles. The van der Waals surface area contributed by atoms with Crippen LogP contribution < -0.4 is 0 Å². The van der Waals surface area contributed by atoms with Crippen LogP contribution in [-0.2, 0) is 9.59 Å². The Morgan fingerprint density at radius 2 is 1.78 bits per heavy atom. The van der Waals surface area contributed by atoms with Gasteiger partial charge in [-0.25, -0.2) is 19.6 Å². The molecule has 0 bridgehead atoms. The van der Waals surface area contributed by atoms with Gasteiger partial charge in [-0.15, -0.1) is 11.3 Å². The van der Waals surface area contributed by atoms with Crippen LogP contribution in [0.15, 0.2) is 24.3 Å². The Labute approximate surface area is 156 Å². The number of nitrogens with zero attached hydrogens (tertiary/aromatic N) is 4. The highest BCUT2D eigenvalue weighted by molar-refractivity contribution is 7.18. The summed E-state index contributed by atoms with van der Waals surface area (Å²) in [6.45, 7) is -0.322. The monoisotopic (exact) mass is 400 g/mol. The van der Waals surface area contributed by atoms with Crippen LogP contribution in [0.1, 0.15) is 18.0 Å². The number of amides is 4. The van der Waals surface area contributed by atoms with E-state index in [2.05, 4.69) is 4.98 Å². The third-order valence-electron chi connectivity index (χ3n) is 4.17. The summed E-state index contributed by atoms with van der Waals surface area (Å²) >= 11 is 1.43. The zero-order chi connectivity index (χ0) is 19.9. The van der Waals surface area contributed by atoms with Crippen molar-refractivity contribution in [3.8, 4) is 0 Å². The maximum absolute atomic E-state index is 12.5. The van der Waals surface area contributed by atoms with Crippen LogP contribution in [0.25, 0.3) is 10.2 Å². The number of carbonyl (C=O) groups excluding carboxylic acids is 3. The third kappa shape index (κ3) is 3.78. The molecule has 0 aliphatic carbocycles. The van der Waals surface area contributed by atoms with E-state index in [1.54, 1.807) is 18.9 Å². The van der Waals surface area contributed by atoms with E-state index in [-0.39, 0.29) is 17.6 Å². The van der Waals surface area contributed by atoms with Crippen molar-refractivity contribution in [2.24, 2.45) is 0 Å². The summed E-state index contributed by atoms with van der Waals surface area (Å²) in [5, 5.41) is 0.719. The second-order valence-electron chi connectivity index (χ2n) is 6.12. The van der Waals surface area contributed by atoms with Crippen molar-refractivity contribution in [1.29, 1.82) is 0 Å². The number of hydrogen-bond acceptors (Lipinski definition) is 6. The Bertz CT molecular complexity index is 881. The van der Waals surface area contributed by atoms with Crippen molar-refractivity contribution in [2.75, 3.05) is 20.3 Å². The molecular formula is C16H15F3N4O3S. The number of benzene rings is 1. The van der Waals surface area contributed by atoms with Crippen LogP contribution in [-0.4, -0.2) is 64.0 Å². The molecular weight excluding hydrogens is 385 g/mol. The number of para-hydroxylation sites is 1. The Balaban J connectivity index is 1.74. The third-order valence-corrected chi connectivity index (χ3v) is 5.37. The molecule has 1 aliphatic rings. The summed E-state index contributed by atoms with van der Waals surface area (Å²) in [7, 11) is 1.59. The van der Waals surface area contributed by atoms with Gasteiger partial charge in [-0.2, -0.15) is 13.2 Å². The number of fused-ring (bicyclic) bond motifs is 1. The van der Waals surface area contributed by atoms with Crippen LogP contribution in [0, 0.1) is 0 Å². The topological polar surface area (TPSA) is 73.8 Å². The minimum absolute atomic E-state index is 0.0848. The molecule has 4 amide bonds. The fourth-order valence-electron chi connectivity index (χ4n) is 2.60. The van der Waals surface area contributed by atoms with E-state index in [0.29, 0.717) is 4.90 Å². The van der Waals surface area contributed by atoms with Crippen molar-refractivity contribution < 1.29 is 27.6 Å². The molecule has 0 radical (unpaired) electrons. The normalized spacial score (nSPS) is 16.9. The molecule has 0 saturated carbocycles. The lowest BCUT2D eigenvalue weighted by Gasteiger charge is -2.26. The zero-order valence-corrected chi connectivity index (χ0v) is 15.2. The summed E-state index contributed by atoms with van der Waals surface area (Å²) in [4.78, 5) is 42.3. The smallest absolute Gasteiger partial charge is 0.279 e. The number of thiazole rings is 1. The van der Waals surface area contributed by atoms with Gasteiger partial charge in [0.25, 0.3) is 0 Å². The number of carbonyl (C=O) groups is 3. The SMILES string of the molecule is C[C@H](c1nc2ccccc2s1)N(C)CN1C(=O)C(=O)N(CC(F)(F)F)C1=O. The molecule has 0 N–H and O–H groups in total. The number of urea groups is 1. The van der Waals surface area contributed by atoms with Crippen LogP contribution in [0.3, 0.4) is 0 Å². The molecule has 1 aromatic heterocycles. The number of hydrogen-bond donors (Lipinski definition) is 0. The first-order valence-electron chi connectivity index (χ1n) is 7.88. The quantitative estimate of drug-likeness (QED) is 0.570. The first-order chi connectivity index (χ1) is 12.6. The van der Waals surface area contributed by atoms with Crippen molar-refractivity contribution in [1.82, 2.24) is 19.7 Å². The summed E-state index contributed by atoms with van der Waals surface area (Å²) in [6, 6.07) is 5.89. The van der Waals surface area contributed by atoms with Crippen molar-refractivity contribution in [3.05, 3.63) is 29.3 Å². The van der Waals surface area contributed by atoms with Crippen LogP contribution >= 0.6 is 11.3 Å². The van der Waals surface area contributed by atoms with Gasteiger partial charge < -0.3 is 0 Å². The van der Waals surface area contributed by atoms with Gasteiger partial charge in [0.15, 0.2) is 0 Å².